The fourth-order valence-corrected chi connectivity index (χ4v) is 3.50. The Morgan fingerprint density at radius 2 is 2.18 bits per heavy atom. The zero-order valence-corrected chi connectivity index (χ0v) is 14.4. The molecule has 0 spiro atoms. The summed E-state index contributed by atoms with van der Waals surface area (Å²) in [5.41, 5.74) is 0. The molecule has 1 aromatic rings. The summed E-state index contributed by atoms with van der Waals surface area (Å²) < 4.78 is 5.11. The van der Waals surface area contributed by atoms with Crippen molar-refractivity contribution in [2.75, 3.05) is 26.7 Å². The Morgan fingerprint density at radius 1 is 1.45 bits per heavy atom. The predicted octanol–water partition coefficient (Wildman–Crippen LogP) is 2.41. The first kappa shape index (κ1) is 16.8. The Hall–Kier alpha value is -1.56. The van der Waals surface area contributed by atoms with Crippen LogP contribution in [0.2, 0.25) is 0 Å². The average molecular weight is 323 g/mol. The number of nitrogens with one attached hydrogen (secondary N) is 1. The Bertz CT molecular complexity index is 519. The number of ether oxygens (including phenoxy) is 1. The summed E-state index contributed by atoms with van der Waals surface area (Å²) >= 11 is 1.80. The lowest BCUT2D eigenvalue weighted by atomic mass is 9.97. The predicted molar refractivity (Wildman–Crippen MR) is 90.2 cm³/mol. The molecule has 0 aromatic carbocycles. The maximum atomic E-state index is 11.8. The fraction of sp³-hybridized carbons (Fsp3) is 0.625. The first-order valence-electron chi connectivity index (χ1n) is 7.81. The van der Waals surface area contributed by atoms with Crippen LogP contribution >= 0.6 is 11.3 Å². The van der Waals surface area contributed by atoms with Crippen molar-refractivity contribution >= 4 is 23.3 Å². The minimum absolute atomic E-state index is 0.0363. The third-order valence-electron chi connectivity index (χ3n) is 3.84. The van der Waals surface area contributed by atoms with E-state index in [1.807, 2.05) is 6.92 Å². The highest BCUT2D eigenvalue weighted by atomic mass is 32.1. The van der Waals surface area contributed by atoms with Crippen molar-refractivity contribution in [3.05, 3.63) is 21.9 Å². The second-order valence-electron chi connectivity index (χ2n) is 5.43. The number of likely N-dealkylation sites (tertiary alicyclic amines) is 1. The number of carbonyl (C=O) groups is 1. The maximum Gasteiger partial charge on any atom is 0.309 e. The number of aliphatic imine (C=N–C) groups is 1. The molecule has 0 radical (unpaired) electrons. The van der Waals surface area contributed by atoms with Gasteiger partial charge in [-0.1, -0.05) is 0 Å². The molecule has 122 valence electrons. The van der Waals surface area contributed by atoms with Crippen molar-refractivity contribution in [1.29, 1.82) is 0 Å². The number of esters is 1. The number of hydrogen-bond acceptors (Lipinski definition) is 4. The third kappa shape index (κ3) is 4.47. The molecule has 0 aliphatic carbocycles. The zero-order chi connectivity index (χ0) is 15.9. The van der Waals surface area contributed by atoms with Gasteiger partial charge >= 0.3 is 5.97 Å². The molecule has 1 aliphatic rings. The van der Waals surface area contributed by atoms with Crippen LogP contribution in [-0.4, -0.2) is 43.6 Å². The lowest BCUT2D eigenvalue weighted by Gasteiger charge is -2.33. The molecule has 0 atom stereocenters. The van der Waals surface area contributed by atoms with Gasteiger partial charge in [0.05, 0.1) is 19.1 Å². The fourth-order valence-electron chi connectivity index (χ4n) is 2.67. The SMILES string of the molecule is CCOC(=O)C1CCN(C(=NC)NCc2ccc(C)s2)CC1. The minimum atomic E-state index is -0.0563. The second-order valence-corrected chi connectivity index (χ2v) is 6.80. The number of thiophene rings is 1. The standard InChI is InChI=1S/C16H25N3O2S/c1-4-21-15(20)13-7-9-19(10-8-13)16(17-3)18-11-14-6-5-12(2)22-14/h5-6,13H,4,7-11H2,1-3H3,(H,17,18). The molecule has 1 saturated heterocycles. The summed E-state index contributed by atoms with van der Waals surface area (Å²) in [5.74, 6) is 0.891. The number of nitrogens with zero attached hydrogens (tertiary/aromatic N) is 2. The molecule has 6 heteroatoms. The monoisotopic (exact) mass is 323 g/mol. The molecule has 5 nitrogen and oxygen atoms in total. The van der Waals surface area contributed by atoms with E-state index < -0.39 is 0 Å². The lowest BCUT2D eigenvalue weighted by molar-refractivity contribution is -0.149. The van der Waals surface area contributed by atoms with Gasteiger partial charge in [-0.25, -0.2) is 0 Å². The minimum Gasteiger partial charge on any atom is -0.466 e. The van der Waals surface area contributed by atoms with Crippen molar-refractivity contribution in [3.8, 4) is 0 Å². The molecular weight excluding hydrogens is 298 g/mol. The summed E-state index contributed by atoms with van der Waals surface area (Å²) in [5, 5.41) is 3.41. The van der Waals surface area contributed by atoms with Gasteiger partial charge in [0.2, 0.25) is 0 Å². The Labute approximate surface area is 136 Å². The number of carbonyl (C=O) groups excluding carboxylic acids is 1. The highest BCUT2D eigenvalue weighted by molar-refractivity contribution is 7.11. The zero-order valence-electron chi connectivity index (χ0n) is 13.6. The smallest absolute Gasteiger partial charge is 0.309 e. The quantitative estimate of drug-likeness (QED) is 0.525. The van der Waals surface area contributed by atoms with Gasteiger partial charge in [-0.2, -0.15) is 0 Å². The molecule has 1 aromatic heterocycles. The van der Waals surface area contributed by atoms with Crippen molar-refractivity contribution in [3.63, 3.8) is 0 Å². The van der Waals surface area contributed by atoms with Crippen LogP contribution in [0.4, 0.5) is 0 Å². The Kier molecular flexibility index (Phi) is 6.24. The molecule has 0 unspecified atom stereocenters. The topological polar surface area (TPSA) is 53.9 Å². The number of hydrogen-bond donors (Lipinski definition) is 1. The van der Waals surface area contributed by atoms with Crippen molar-refractivity contribution in [2.24, 2.45) is 10.9 Å². The highest BCUT2D eigenvalue weighted by Crippen LogP contribution is 2.19. The molecule has 22 heavy (non-hydrogen) atoms. The molecule has 1 N–H and O–H groups in total. The van der Waals surface area contributed by atoms with E-state index in [1.54, 1.807) is 18.4 Å². The van der Waals surface area contributed by atoms with Gasteiger partial charge in [-0.3, -0.25) is 9.79 Å². The van der Waals surface area contributed by atoms with Gasteiger partial charge < -0.3 is 15.0 Å². The maximum absolute atomic E-state index is 11.8. The Balaban J connectivity index is 1.82. The van der Waals surface area contributed by atoms with Crippen LogP contribution in [0.3, 0.4) is 0 Å². The van der Waals surface area contributed by atoms with E-state index in [9.17, 15) is 4.79 Å². The van der Waals surface area contributed by atoms with Crippen molar-refractivity contribution < 1.29 is 9.53 Å². The molecule has 0 saturated carbocycles. The number of aryl methyl sites for hydroxylation is 1. The second kappa shape index (κ2) is 8.17. The van der Waals surface area contributed by atoms with E-state index in [1.165, 1.54) is 9.75 Å². The number of rotatable bonds is 4. The molecule has 0 bridgehead atoms. The molecule has 2 heterocycles. The molecule has 1 aliphatic heterocycles. The summed E-state index contributed by atoms with van der Waals surface area (Å²) in [6.45, 7) is 6.90. The van der Waals surface area contributed by atoms with E-state index in [0.29, 0.717) is 6.61 Å². The lowest BCUT2D eigenvalue weighted by Crippen LogP contribution is -2.46. The molecule has 2 rings (SSSR count). The summed E-state index contributed by atoms with van der Waals surface area (Å²) in [4.78, 5) is 21.0. The van der Waals surface area contributed by atoms with Crippen LogP contribution in [-0.2, 0) is 16.1 Å². The summed E-state index contributed by atoms with van der Waals surface area (Å²) in [7, 11) is 1.81. The van der Waals surface area contributed by atoms with Crippen molar-refractivity contribution in [1.82, 2.24) is 10.2 Å². The van der Waals surface area contributed by atoms with Crippen LogP contribution in [0.5, 0.6) is 0 Å². The van der Waals surface area contributed by atoms with Crippen LogP contribution < -0.4 is 5.32 Å². The third-order valence-corrected chi connectivity index (χ3v) is 4.84. The van der Waals surface area contributed by atoms with Crippen LogP contribution in [0.15, 0.2) is 17.1 Å². The van der Waals surface area contributed by atoms with E-state index >= 15 is 0 Å². The van der Waals surface area contributed by atoms with Crippen LogP contribution in [0, 0.1) is 12.8 Å². The van der Waals surface area contributed by atoms with Gasteiger partial charge in [0.15, 0.2) is 5.96 Å². The Morgan fingerprint density at radius 3 is 2.73 bits per heavy atom. The van der Waals surface area contributed by atoms with Crippen LogP contribution in [0.1, 0.15) is 29.5 Å². The molecular formula is C16H25N3O2S. The van der Waals surface area contributed by atoms with E-state index in [-0.39, 0.29) is 11.9 Å². The normalized spacial score (nSPS) is 16.7. The van der Waals surface area contributed by atoms with Gasteiger partial charge in [-0.15, -0.1) is 11.3 Å². The molecule has 1 fully saturated rings. The summed E-state index contributed by atoms with van der Waals surface area (Å²) in [6, 6.07) is 4.28. The first-order valence-corrected chi connectivity index (χ1v) is 8.63. The largest absolute Gasteiger partial charge is 0.466 e. The van der Waals surface area contributed by atoms with Gasteiger partial charge in [0, 0.05) is 29.9 Å². The van der Waals surface area contributed by atoms with Gasteiger partial charge in [0.25, 0.3) is 0 Å². The van der Waals surface area contributed by atoms with E-state index in [2.05, 4.69) is 34.3 Å². The van der Waals surface area contributed by atoms with E-state index in [4.69, 9.17) is 4.74 Å². The number of guanidine groups is 1. The molecule has 0 amide bonds. The average Bonchev–Trinajstić information content (AvgIpc) is 2.94. The first-order chi connectivity index (χ1) is 10.6. The van der Waals surface area contributed by atoms with Gasteiger partial charge in [0.1, 0.15) is 0 Å². The van der Waals surface area contributed by atoms with Gasteiger partial charge in [-0.05, 0) is 38.8 Å². The highest BCUT2D eigenvalue weighted by Gasteiger charge is 2.27. The van der Waals surface area contributed by atoms with E-state index in [0.717, 1.165) is 38.4 Å². The van der Waals surface area contributed by atoms with Crippen LogP contribution in [0.25, 0.3) is 0 Å². The summed E-state index contributed by atoms with van der Waals surface area (Å²) in [6.07, 6.45) is 1.66. The number of piperidine rings is 1. The van der Waals surface area contributed by atoms with Crippen molar-refractivity contribution in [2.45, 2.75) is 33.2 Å².